The van der Waals surface area contributed by atoms with Gasteiger partial charge in [-0.25, -0.2) is 22.2 Å². The Hall–Kier alpha value is -2.92. The van der Waals surface area contributed by atoms with Gasteiger partial charge in [-0.3, -0.25) is 14.5 Å². The van der Waals surface area contributed by atoms with E-state index >= 15 is 0 Å². The van der Waals surface area contributed by atoms with Crippen LogP contribution in [0.1, 0.15) is 25.8 Å². The minimum Gasteiger partial charge on any atom is -0.300 e. The molecule has 0 bridgehead atoms. The Kier molecular flexibility index (Phi) is 5.48. The number of nitrogens with zero attached hydrogens (tertiary/aromatic N) is 2. The van der Waals surface area contributed by atoms with E-state index in [1.807, 2.05) is 13.8 Å². The first-order valence-corrected chi connectivity index (χ1v) is 11.8. The zero-order valence-corrected chi connectivity index (χ0v) is 18.2. The number of benzene rings is 2. The lowest BCUT2D eigenvalue weighted by molar-refractivity contribution is -0.118. The summed E-state index contributed by atoms with van der Waals surface area (Å²) in [6, 6.07) is 7.47. The first-order chi connectivity index (χ1) is 14.7. The second kappa shape index (κ2) is 7.97. The van der Waals surface area contributed by atoms with Gasteiger partial charge >= 0.3 is 0 Å². The summed E-state index contributed by atoms with van der Waals surface area (Å²) >= 11 is 1.01. The zero-order valence-electron chi connectivity index (χ0n) is 16.5. The molecule has 2 N–H and O–H groups in total. The topological polar surface area (TPSA) is 101 Å². The minimum atomic E-state index is -3.74. The first-order valence-electron chi connectivity index (χ1n) is 9.46. The van der Waals surface area contributed by atoms with Gasteiger partial charge in [0.15, 0.2) is 16.8 Å². The molecule has 31 heavy (non-hydrogen) atoms. The predicted molar refractivity (Wildman–Crippen MR) is 115 cm³/mol. The van der Waals surface area contributed by atoms with Crippen molar-refractivity contribution in [3.8, 4) is 0 Å². The second-order valence-corrected chi connectivity index (χ2v) is 9.83. The van der Waals surface area contributed by atoms with Crippen LogP contribution in [0.2, 0.25) is 0 Å². The number of carbonyl (C=O) groups is 1. The number of sulfonamides is 1. The van der Waals surface area contributed by atoms with Crippen LogP contribution in [0.15, 0.2) is 46.3 Å². The first kappa shape index (κ1) is 21.3. The SMILES string of the molecule is CC[C@H](C)[C@H](N=C1NS(=O)(=O)c2ccccc21)C(=O)Nc1nc2cc(F)c(F)cc2s1. The van der Waals surface area contributed by atoms with Crippen LogP contribution in [0, 0.1) is 17.6 Å². The highest BCUT2D eigenvalue weighted by atomic mass is 32.2. The van der Waals surface area contributed by atoms with Gasteiger partial charge in [0, 0.05) is 11.6 Å². The average Bonchev–Trinajstić information content (AvgIpc) is 3.22. The largest absolute Gasteiger partial charge is 0.300 e. The molecule has 0 radical (unpaired) electrons. The van der Waals surface area contributed by atoms with Crippen molar-refractivity contribution in [2.75, 3.05) is 5.32 Å². The molecule has 0 unspecified atom stereocenters. The summed E-state index contributed by atoms with van der Waals surface area (Å²) in [5, 5.41) is 2.82. The van der Waals surface area contributed by atoms with E-state index in [1.54, 1.807) is 18.2 Å². The van der Waals surface area contributed by atoms with Gasteiger partial charge < -0.3 is 5.32 Å². The molecule has 0 fully saturated rings. The number of rotatable bonds is 5. The molecule has 0 spiro atoms. The van der Waals surface area contributed by atoms with E-state index in [9.17, 15) is 22.0 Å². The van der Waals surface area contributed by atoms with Crippen LogP contribution in [0.5, 0.6) is 0 Å². The van der Waals surface area contributed by atoms with E-state index in [0.717, 1.165) is 23.5 Å². The van der Waals surface area contributed by atoms with Gasteiger partial charge in [-0.05, 0) is 24.1 Å². The van der Waals surface area contributed by atoms with Gasteiger partial charge in [0.25, 0.3) is 15.9 Å². The van der Waals surface area contributed by atoms with Gasteiger partial charge in [-0.2, -0.15) is 0 Å². The maximum atomic E-state index is 13.5. The summed E-state index contributed by atoms with van der Waals surface area (Å²) in [4.78, 5) is 21.7. The number of fused-ring (bicyclic) bond motifs is 2. The van der Waals surface area contributed by atoms with Crippen molar-refractivity contribution < 1.29 is 22.0 Å². The Bertz CT molecular complexity index is 1280. The van der Waals surface area contributed by atoms with E-state index in [1.165, 1.54) is 6.07 Å². The molecule has 1 amide bonds. The molecule has 11 heteroatoms. The standard InChI is InChI=1S/C20H18F2N4O3S2/c1-3-10(2)17(24-18-11-6-4-5-7-16(11)31(28,29)26-18)19(27)25-20-23-14-8-12(21)13(22)9-15(14)30-20/h4-10,17H,3H2,1-2H3,(H,24,26)(H,23,25,27)/t10-,17-/m0/s1. The smallest absolute Gasteiger partial charge is 0.263 e. The molecule has 2 heterocycles. The predicted octanol–water partition coefficient (Wildman–Crippen LogP) is 3.67. The molecule has 2 aromatic carbocycles. The van der Waals surface area contributed by atoms with Gasteiger partial charge in [-0.15, -0.1) is 0 Å². The molecule has 0 saturated carbocycles. The van der Waals surface area contributed by atoms with Crippen LogP contribution >= 0.6 is 11.3 Å². The fourth-order valence-corrected chi connectivity index (χ4v) is 5.31. The van der Waals surface area contributed by atoms with Crippen molar-refractivity contribution in [3.05, 3.63) is 53.6 Å². The number of carbonyl (C=O) groups excluding carboxylic acids is 1. The molecule has 1 aliphatic heterocycles. The Morgan fingerprint density at radius 1 is 1.26 bits per heavy atom. The lowest BCUT2D eigenvalue weighted by atomic mass is 9.99. The van der Waals surface area contributed by atoms with Crippen molar-refractivity contribution in [1.29, 1.82) is 0 Å². The number of halogens is 2. The lowest BCUT2D eigenvalue weighted by Gasteiger charge is -2.18. The highest BCUT2D eigenvalue weighted by Gasteiger charge is 2.33. The number of amidine groups is 1. The summed E-state index contributed by atoms with van der Waals surface area (Å²) in [6.45, 7) is 3.72. The molecule has 1 aromatic heterocycles. The summed E-state index contributed by atoms with van der Waals surface area (Å²) in [5.74, 6) is -2.62. The Balaban J connectivity index is 1.66. The summed E-state index contributed by atoms with van der Waals surface area (Å²) < 4.78 is 54.4. The van der Waals surface area contributed by atoms with Crippen molar-refractivity contribution in [2.24, 2.45) is 10.9 Å². The van der Waals surface area contributed by atoms with E-state index in [2.05, 4.69) is 20.0 Å². The number of amides is 1. The molecular weight excluding hydrogens is 446 g/mol. The molecule has 162 valence electrons. The highest BCUT2D eigenvalue weighted by molar-refractivity contribution is 7.90. The summed E-state index contributed by atoms with van der Waals surface area (Å²) in [6.07, 6.45) is 0.611. The van der Waals surface area contributed by atoms with Crippen LogP contribution in [-0.2, 0) is 14.8 Å². The zero-order chi connectivity index (χ0) is 22.3. The second-order valence-electron chi connectivity index (χ2n) is 7.15. The van der Waals surface area contributed by atoms with Crippen LogP contribution in [0.4, 0.5) is 13.9 Å². The number of aromatic nitrogens is 1. The third-order valence-electron chi connectivity index (χ3n) is 5.04. The lowest BCUT2D eigenvalue weighted by Crippen LogP contribution is -2.34. The molecule has 7 nitrogen and oxygen atoms in total. The maximum Gasteiger partial charge on any atom is 0.263 e. The fraction of sp³-hybridized carbons (Fsp3) is 0.250. The number of thiazole rings is 1. The molecule has 0 aliphatic carbocycles. The maximum absolute atomic E-state index is 13.5. The molecule has 2 atom stereocenters. The van der Waals surface area contributed by atoms with E-state index in [0.29, 0.717) is 16.7 Å². The van der Waals surface area contributed by atoms with Crippen molar-refractivity contribution >= 4 is 48.5 Å². The Morgan fingerprint density at radius 3 is 2.71 bits per heavy atom. The quantitative estimate of drug-likeness (QED) is 0.602. The third kappa shape index (κ3) is 4.02. The number of hydrogen-bond acceptors (Lipinski definition) is 6. The highest BCUT2D eigenvalue weighted by Crippen LogP contribution is 2.29. The van der Waals surface area contributed by atoms with Gasteiger partial charge in [-0.1, -0.05) is 43.7 Å². The molecule has 3 aromatic rings. The summed E-state index contributed by atoms with van der Waals surface area (Å²) in [5.41, 5.74) is 0.623. The van der Waals surface area contributed by atoms with E-state index in [-0.39, 0.29) is 27.3 Å². The van der Waals surface area contributed by atoms with Gasteiger partial charge in [0.1, 0.15) is 11.9 Å². The molecule has 4 rings (SSSR count). The van der Waals surface area contributed by atoms with E-state index in [4.69, 9.17) is 0 Å². The van der Waals surface area contributed by atoms with Crippen molar-refractivity contribution in [1.82, 2.24) is 9.71 Å². The minimum absolute atomic E-state index is 0.101. The van der Waals surface area contributed by atoms with Crippen LogP contribution in [0.3, 0.4) is 0 Å². The fourth-order valence-electron chi connectivity index (χ4n) is 3.19. The molecule has 1 aliphatic rings. The number of anilines is 1. The third-order valence-corrected chi connectivity index (χ3v) is 7.37. The average molecular weight is 465 g/mol. The van der Waals surface area contributed by atoms with Gasteiger partial charge in [0.05, 0.1) is 15.1 Å². The Morgan fingerprint density at radius 2 is 1.97 bits per heavy atom. The number of hydrogen-bond donors (Lipinski definition) is 2. The van der Waals surface area contributed by atoms with Crippen LogP contribution in [-0.4, -0.2) is 31.2 Å². The van der Waals surface area contributed by atoms with Gasteiger partial charge in [0.2, 0.25) is 0 Å². The van der Waals surface area contributed by atoms with Crippen LogP contribution in [0.25, 0.3) is 10.2 Å². The van der Waals surface area contributed by atoms with Crippen molar-refractivity contribution in [2.45, 2.75) is 31.2 Å². The number of aliphatic imine (C=N–C) groups is 1. The summed E-state index contributed by atoms with van der Waals surface area (Å²) in [7, 11) is -3.74. The monoisotopic (exact) mass is 464 g/mol. The number of nitrogens with one attached hydrogen (secondary N) is 2. The molecular formula is C20H18F2N4O3S2. The normalized spacial score (nSPS) is 17.9. The van der Waals surface area contributed by atoms with Crippen LogP contribution < -0.4 is 10.0 Å². The molecule has 0 saturated heterocycles. The van der Waals surface area contributed by atoms with Crippen molar-refractivity contribution in [3.63, 3.8) is 0 Å². The van der Waals surface area contributed by atoms with E-state index < -0.39 is 33.6 Å². The Labute approximate surface area is 181 Å².